The number of carbonyl (C=O) groups excluding carboxylic acids is 1. The van der Waals surface area contributed by atoms with Gasteiger partial charge in [0.1, 0.15) is 0 Å². The fourth-order valence-corrected chi connectivity index (χ4v) is 9.52. The monoisotopic (exact) mass is 515 g/mol. The third-order valence-corrected chi connectivity index (χ3v) is 11.9. The van der Waals surface area contributed by atoms with E-state index in [1.165, 1.54) is 0 Å². The van der Waals surface area contributed by atoms with Gasteiger partial charge in [-0.3, -0.25) is 9.36 Å². The van der Waals surface area contributed by atoms with Crippen molar-refractivity contribution < 1.29 is 34.5 Å². The number of rotatable bonds is 7. The molecule has 4 fully saturated rings. The summed E-state index contributed by atoms with van der Waals surface area (Å²) < 4.78 is 11.0. The van der Waals surface area contributed by atoms with Gasteiger partial charge in [-0.1, -0.05) is 20.8 Å². The van der Waals surface area contributed by atoms with Crippen LogP contribution in [0.5, 0.6) is 0 Å². The fourth-order valence-electron chi connectivity index (χ4n) is 9.12. The molecule has 0 heterocycles. The molecule has 35 heavy (non-hydrogen) atoms. The topological polar surface area (TPSA) is 147 Å². The van der Waals surface area contributed by atoms with E-state index in [1.54, 1.807) is 0 Å². The Balaban J connectivity index is 1.43. The Hall–Kier alpha value is -0.500. The fraction of sp³-hybridized carbons (Fsp3) is 0.962. The normalized spacial score (nSPS) is 46.3. The minimum atomic E-state index is -4.12. The van der Waals surface area contributed by atoms with Crippen molar-refractivity contribution in [2.45, 2.75) is 96.9 Å². The number of hydrogen-bond donors (Lipinski definition) is 6. The zero-order chi connectivity index (χ0) is 25.8. The molecule has 4 aliphatic rings. The van der Waals surface area contributed by atoms with Gasteiger partial charge in [0.15, 0.2) is 0 Å². The van der Waals surface area contributed by atoms with Crippen LogP contribution in [0, 0.1) is 46.3 Å². The lowest BCUT2D eigenvalue weighted by Crippen LogP contribution is -2.62. The van der Waals surface area contributed by atoms with Crippen molar-refractivity contribution in [3.8, 4) is 0 Å². The highest BCUT2D eigenvalue weighted by atomic mass is 31.2. The van der Waals surface area contributed by atoms with Crippen LogP contribution < -0.4 is 5.32 Å². The molecule has 11 atom stereocenters. The first-order valence-electron chi connectivity index (χ1n) is 13.6. The number of amides is 1. The molecule has 9 heteroatoms. The summed E-state index contributed by atoms with van der Waals surface area (Å²) in [5, 5.41) is 35.9. The van der Waals surface area contributed by atoms with Gasteiger partial charge in [0.05, 0.1) is 24.5 Å². The first-order chi connectivity index (χ1) is 16.3. The van der Waals surface area contributed by atoms with E-state index in [1.807, 2.05) is 0 Å². The maximum absolute atomic E-state index is 12.2. The Morgan fingerprint density at radius 2 is 1.77 bits per heavy atom. The van der Waals surface area contributed by atoms with E-state index in [2.05, 4.69) is 26.1 Å². The van der Waals surface area contributed by atoms with Gasteiger partial charge >= 0.3 is 7.60 Å². The summed E-state index contributed by atoms with van der Waals surface area (Å²) in [6, 6.07) is 0. The van der Waals surface area contributed by atoms with E-state index in [4.69, 9.17) is 9.79 Å². The summed E-state index contributed by atoms with van der Waals surface area (Å²) in [6.07, 6.45) is 5.41. The quantitative estimate of drug-likeness (QED) is 0.286. The maximum Gasteiger partial charge on any atom is 0.327 e. The van der Waals surface area contributed by atoms with Gasteiger partial charge in [0, 0.05) is 13.0 Å². The van der Waals surface area contributed by atoms with Gasteiger partial charge in [-0.25, -0.2) is 0 Å². The van der Waals surface area contributed by atoms with Crippen LogP contribution in [-0.2, 0) is 9.36 Å². The molecule has 4 aliphatic carbocycles. The minimum absolute atomic E-state index is 0.0306. The van der Waals surface area contributed by atoms with Gasteiger partial charge in [-0.2, -0.15) is 0 Å². The summed E-state index contributed by atoms with van der Waals surface area (Å²) >= 11 is 0. The van der Waals surface area contributed by atoms with Crippen LogP contribution in [0.3, 0.4) is 0 Å². The lowest BCUT2D eigenvalue weighted by molar-refractivity contribution is -0.207. The zero-order valence-corrected chi connectivity index (χ0v) is 22.4. The first-order valence-corrected chi connectivity index (χ1v) is 15.4. The predicted octanol–water partition coefficient (Wildman–Crippen LogP) is 2.66. The largest absolute Gasteiger partial charge is 0.393 e. The molecule has 0 radical (unpaired) electrons. The number of aliphatic hydroxyl groups is 3. The van der Waals surface area contributed by atoms with Gasteiger partial charge < -0.3 is 30.4 Å². The second kappa shape index (κ2) is 9.99. The Kier molecular flexibility index (Phi) is 7.86. The lowest BCUT2D eigenvalue weighted by atomic mass is 9.43. The molecule has 6 N–H and O–H groups in total. The maximum atomic E-state index is 12.2. The number of hydrogen-bond acceptors (Lipinski definition) is 5. The number of nitrogens with one attached hydrogen (secondary N) is 1. The summed E-state index contributed by atoms with van der Waals surface area (Å²) in [7, 11) is -4.12. The van der Waals surface area contributed by atoms with E-state index in [-0.39, 0.29) is 65.1 Å². The molecule has 0 bridgehead atoms. The van der Waals surface area contributed by atoms with Crippen LogP contribution in [0.25, 0.3) is 0 Å². The first kappa shape index (κ1) is 27.5. The molecule has 0 spiro atoms. The second-order valence-electron chi connectivity index (χ2n) is 12.8. The molecule has 202 valence electrons. The van der Waals surface area contributed by atoms with Gasteiger partial charge in [0.25, 0.3) is 0 Å². The molecule has 6 unspecified atom stereocenters. The third kappa shape index (κ3) is 5.13. The highest BCUT2D eigenvalue weighted by Gasteiger charge is 2.65. The molecule has 1 amide bonds. The van der Waals surface area contributed by atoms with Crippen molar-refractivity contribution in [3.63, 3.8) is 0 Å². The van der Waals surface area contributed by atoms with Gasteiger partial charge in [-0.05, 0) is 97.7 Å². The molecule has 0 saturated heterocycles. The Bertz CT molecular complexity index is 835. The third-order valence-electron chi connectivity index (χ3n) is 11.1. The van der Waals surface area contributed by atoms with E-state index < -0.39 is 19.8 Å². The molecular weight excluding hydrogens is 469 g/mol. The lowest BCUT2D eigenvalue weighted by Gasteiger charge is -2.63. The molecule has 4 saturated carbocycles. The van der Waals surface area contributed by atoms with Crippen molar-refractivity contribution >= 4 is 13.5 Å². The van der Waals surface area contributed by atoms with Crippen LogP contribution in [0.4, 0.5) is 0 Å². The van der Waals surface area contributed by atoms with Gasteiger partial charge in [0.2, 0.25) is 5.91 Å². The molecular formula is C26H46NO7P. The van der Waals surface area contributed by atoms with Crippen LogP contribution in [0.15, 0.2) is 0 Å². The molecule has 0 aromatic rings. The number of fused-ring (bicyclic) bond motifs is 5. The van der Waals surface area contributed by atoms with Crippen LogP contribution in [-0.4, -0.2) is 62.0 Å². The Labute approximate surface area is 209 Å². The molecule has 0 aromatic carbocycles. The van der Waals surface area contributed by atoms with E-state index >= 15 is 0 Å². The van der Waals surface area contributed by atoms with Crippen LogP contribution in [0.1, 0.15) is 78.6 Å². The molecule has 0 aromatic heterocycles. The van der Waals surface area contributed by atoms with Gasteiger partial charge in [-0.15, -0.1) is 0 Å². The van der Waals surface area contributed by atoms with E-state index in [0.717, 1.165) is 38.5 Å². The van der Waals surface area contributed by atoms with Crippen LogP contribution in [0.2, 0.25) is 0 Å². The van der Waals surface area contributed by atoms with E-state index in [9.17, 15) is 24.7 Å². The highest BCUT2D eigenvalue weighted by molar-refractivity contribution is 7.51. The molecule has 0 aliphatic heterocycles. The van der Waals surface area contributed by atoms with Crippen molar-refractivity contribution in [1.29, 1.82) is 0 Å². The van der Waals surface area contributed by atoms with Crippen LogP contribution >= 0.6 is 7.60 Å². The molecule has 8 nitrogen and oxygen atoms in total. The number of carbonyl (C=O) groups is 1. The standard InChI is InChI=1S/C26H46NO7P/c1-15(4-7-23(31)27-10-11-35(32,33)34)18-5-6-19-24-20(14-22(30)26(18,19)3)25(2)9-8-17(28)12-16(25)13-21(24)29/h15-22,24,28-30H,4-14H2,1-3H3,(H,27,31)(H2,32,33,34)/t15?,16?,17-,18-,19?,20?,21?,22+,24?,25+,26-/m1/s1. The van der Waals surface area contributed by atoms with Crippen molar-refractivity contribution in [2.24, 2.45) is 46.3 Å². The summed E-state index contributed by atoms with van der Waals surface area (Å²) in [5.41, 5.74) is -0.240. The summed E-state index contributed by atoms with van der Waals surface area (Å²) in [5.74, 6) is 1.28. The second-order valence-corrected chi connectivity index (χ2v) is 14.6. The zero-order valence-electron chi connectivity index (χ0n) is 21.5. The van der Waals surface area contributed by atoms with Crippen molar-refractivity contribution in [2.75, 3.05) is 12.7 Å². The average molecular weight is 516 g/mol. The smallest absolute Gasteiger partial charge is 0.327 e. The average Bonchev–Trinajstić information content (AvgIpc) is 3.12. The molecule has 4 rings (SSSR count). The Morgan fingerprint density at radius 1 is 1.06 bits per heavy atom. The predicted molar refractivity (Wildman–Crippen MR) is 132 cm³/mol. The SMILES string of the molecule is CC(CCC(=O)NCCP(=O)(O)O)[C@H]1CCC2C3C(O)CC4C[C@H](O)CC[C@]4(C)C3C[C@H](O)[C@@]21C. The summed E-state index contributed by atoms with van der Waals surface area (Å²) in [4.78, 5) is 30.1. The summed E-state index contributed by atoms with van der Waals surface area (Å²) in [6.45, 7) is 6.66. The minimum Gasteiger partial charge on any atom is -0.393 e. The van der Waals surface area contributed by atoms with E-state index in [0.29, 0.717) is 25.2 Å². The number of aliphatic hydroxyl groups excluding tert-OH is 3. The highest BCUT2D eigenvalue weighted by Crippen LogP contribution is 2.68. The Morgan fingerprint density at radius 3 is 2.46 bits per heavy atom. The van der Waals surface area contributed by atoms with Crippen molar-refractivity contribution in [1.82, 2.24) is 5.32 Å². The van der Waals surface area contributed by atoms with Crippen molar-refractivity contribution in [3.05, 3.63) is 0 Å².